The smallest absolute Gasteiger partial charge is 0.264 e. The minimum Gasteiger partial charge on any atom is -0.354 e. The molecule has 4 aromatic carbocycles. The fourth-order valence-electron chi connectivity index (χ4n) is 5.01. The molecule has 46 heavy (non-hydrogen) atoms. The lowest BCUT2D eigenvalue weighted by molar-refractivity contribution is -0.140. The number of carbonyl (C=O) groups excluding carboxylic acids is 2. The third-order valence-corrected chi connectivity index (χ3v) is 10.5. The van der Waals surface area contributed by atoms with E-state index in [9.17, 15) is 18.0 Å². The molecule has 2 amide bonds. The van der Waals surface area contributed by atoms with Crippen molar-refractivity contribution in [3.63, 3.8) is 0 Å². The molecule has 0 aromatic heterocycles. The molecule has 0 radical (unpaired) electrons. The van der Waals surface area contributed by atoms with Crippen LogP contribution in [0.25, 0.3) is 0 Å². The van der Waals surface area contributed by atoms with Crippen molar-refractivity contribution in [2.45, 2.75) is 50.6 Å². The summed E-state index contributed by atoms with van der Waals surface area (Å²) in [6.07, 6.45) is 1.80. The van der Waals surface area contributed by atoms with Crippen LogP contribution >= 0.6 is 34.8 Å². The summed E-state index contributed by atoms with van der Waals surface area (Å²) in [4.78, 5) is 29.9. The van der Waals surface area contributed by atoms with Gasteiger partial charge in [-0.1, -0.05) is 109 Å². The molecular formula is C35H36Cl3N3O4S. The third kappa shape index (κ3) is 8.62. The number of nitrogens with zero attached hydrogens (tertiary/aromatic N) is 2. The van der Waals surface area contributed by atoms with Crippen molar-refractivity contribution in [1.29, 1.82) is 0 Å². The second kappa shape index (κ2) is 16.3. The van der Waals surface area contributed by atoms with E-state index in [4.69, 9.17) is 34.8 Å². The van der Waals surface area contributed by atoms with Crippen LogP contribution < -0.4 is 9.62 Å². The molecule has 7 nitrogen and oxygen atoms in total. The van der Waals surface area contributed by atoms with Crippen LogP contribution in [0.1, 0.15) is 36.5 Å². The Labute approximate surface area is 286 Å². The average molecular weight is 701 g/mol. The maximum absolute atomic E-state index is 14.6. The highest BCUT2D eigenvalue weighted by Crippen LogP contribution is 2.32. The number of hydrogen-bond acceptors (Lipinski definition) is 4. The second-order valence-corrected chi connectivity index (χ2v) is 13.9. The molecular weight excluding hydrogens is 665 g/mol. The van der Waals surface area contributed by atoms with Gasteiger partial charge in [0.25, 0.3) is 10.0 Å². The molecule has 0 saturated carbocycles. The van der Waals surface area contributed by atoms with Crippen LogP contribution in [0.15, 0.2) is 102 Å². The van der Waals surface area contributed by atoms with Crippen molar-refractivity contribution in [2.75, 3.05) is 17.4 Å². The lowest BCUT2D eigenvalue weighted by Crippen LogP contribution is -2.53. The maximum Gasteiger partial charge on any atom is 0.264 e. The standard InChI is InChI=1S/C35H36Cl3N3O4S/c1-3-4-21-39-35(43)33(22-26-13-7-5-8-14-26)40(23-28-30(37)18-11-19-31(28)38)34(42)24-41(32-20-12-17-29(36)25(32)2)46(44,45)27-15-9-6-10-16-27/h5-20,33H,3-4,21-24H2,1-2H3,(H,39,43)/t33-/m1/s1. The van der Waals surface area contributed by atoms with E-state index in [1.807, 2.05) is 37.3 Å². The molecule has 0 spiro atoms. The fraction of sp³-hybridized carbons (Fsp3) is 0.257. The zero-order valence-corrected chi connectivity index (χ0v) is 28.7. The molecule has 0 unspecified atom stereocenters. The van der Waals surface area contributed by atoms with Gasteiger partial charge >= 0.3 is 0 Å². The van der Waals surface area contributed by atoms with Gasteiger partial charge in [-0.25, -0.2) is 8.42 Å². The van der Waals surface area contributed by atoms with E-state index in [0.717, 1.165) is 22.7 Å². The predicted octanol–water partition coefficient (Wildman–Crippen LogP) is 7.71. The molecule has 4 aromatic rings. The number of halogens is 3. The normalized spacial score (nSPS) is 11.9. The number of unbranched alkanes of at least 4 members (excludes halogenated alkanes) is 1. The largest absolute Gasteiger partial charge is 0.354 e. The van der Waals surface area contributed by atoms with Crippen LogP contribution in [0.3, 0.4) is 0 Å². The first kappa shape index (κ1) is 35.3. The monoisotopic (exact) mass is 699 g/mol. The molecule has 0 fully saturated rings. The summed E-state index contributed by atoms with van der Waals surface area (Å²) in [6, 6.07) is 26.0. The molecule has 0 aliphatic carbocycles. The van der Waals surface area contributed by atoms with E-state index in [0.29, 0.717) is 32.7 Å². The molecule has 242 valence electrons. The predicted molar refractivity (Wildman–Crippen MR) is 186 cm³/mol. The average Bonchev–Trinajstić information content (AvgIpc) is 3.05. The van der Waals surface area contributed by atoms with Gasteiger partial charge in [-0.2, -0.15) is 0 Å². The molecule has 11 heteroatoms. The number of hydrogen-bond donors (Lipinski definition) is 1. The van der Waals surface area contributed by atoms with Crippen molar-refractivity contribution in [3.05, 3.63) is 129 Å². The SMILES string of the molecule is CCCCNC(=O)[C@@H](Cc1ccccc1)N(Cc1c(Cl)cccc1Cl)C(=O)CN(c1cccc(Cl)c1C)S(=O)(=O)c1ccccc1. The van der Waals surface area contributed by atoms with Gasteiger partial charge in [0, 0.05) is 40.1 Å². The first-order valence-corrected chi connectivity index (χ1v) is 17.5. The summed E-state index contributed by atoms with van der Waals surface area (Å²) >= 11 is 19.6. The van der Waals surface area contributed by atoms with E-state index >= 15 is 0 Å². The Hall–Kier alpha value is -3.56. The second-order valence-electron chi connectivity index (χ2n) is 10.8. The Morgan fingerprint density at radius 1 is 0.804 bits per heavy atom. The number of rotatable bonds is 14. The van der Waals surface area contributed by atoms with Crippen LogP contribution in [0.2, 0.25) is 15.1 Å². The summed E-state index contributed by atoms with van der Waals surface area (Å²) < 4.78 is 29.4. The molecule has 0 aliphatic heterocycles. The molecule has 0 heterocycles. The Kier molecular flexibility index (Phi) is 12.5. The Bertz CT molecular complexity index is 1740. The number of benzene rings is 4. The van der Waals surface area contributed by atoms with E-state index in [-0.39, 0.29) is 29.5 Å². The summed E-state index contributed by atoms with van der Waals surface area (Å²) in [5.41, 5.74) is 1.98. The minimum atomic E-state index is -4.26. The van der Waals surface area contributed by atoms with Crippen LogP contribution in [0.5, 0.6) is 0 Å². The van der Waals surface area contributed by atoms with Gasteiger partial charge in [0.1, 0.15) is 12.6 Å². The van der Waals surface area contributed by atoms with Crippen LogP contribution in [0.4, 0.5) is 5.69 Å². The molecule has 0 bridgehead atoms. The summed E-state index contributed by atoms with van der Waals surface area (Å²) in [6.45, 7) is 3.38. The molecule has 0 aliphatic rings. The first-order chi connectivity index (χ1) is 22.0. The quantitative estimate of drug-likeness (QED) is 0.137. The molecule has 4 rings (SSSR count). The highest BCUT2D eigenvalue weighted by atomic mass is 35.5. The number of amides is 2. The van der Waals surface area contributed by atoms with Crippen LogP contribution in [0, 0.1) is 6.92 Å². The van der Waals surface area contributed by atoms with Crippen molar-refractivity contribution in [1.82, 2.24) is 10.2 Å². The molecule has 1 N–H and O–H groups in total. The highest BCUT2D eigenvalue weighted by Gasteiger charge is 2.35. The highest BCUT2D eigenvalue weighted by molar-refractivity contribution is 7.92. The van der Waals surface area contributed by atoms with Gasteiger partial charge in [0.05, 0.1) is 10.6 Å². The van der Waals surface area contributed by atoms with E-state index in [1.54, 1.807) is 61.5 Å². The summed E-state index contributed by atoms with van der Waals surface area (Å²) in [5, 5.41) is 3.94. The van der Waals surface area contributed by atoms with Crippen molar-refractivity contribution >= 4 is 62.3 Å². The maximum atomic E-state index is 14.6. The number of sulfonamides is 1. The zero-order chi connectivity index (χ0) is 33.3. The van der Waals surface area contributed by atoms with Crippen LogP contribution in [-0.4, -0.2) is 44.3 Å². The number of nitrogens with one attached hydrogen (secondary N) is 1. The van der Waals surface area contributed by atoms with Crippen molar-refractivity contribution < 1.29 is 18.0 Å². The topological polar surface area (TPSA) is 86.8 Å². The fourth-order valence-corrected chi connectivity index (χ4v) is 7.19. The molecule has 1 atom stereocenters. The lowest BCUT2D eigenvalue weighted by Gasteiger charge is -2.34. The lowest BCUT2D eigenvalue weighted by atomic mass is 10.0. The number of anilines is 1. The van der Waals surface area contributed by atoms with E-state index < -0.39 is 28.5 Å². The van der Waals surface area contributed by atoms with Gasteiger partial charge in [0.2, 0.25) is 11.8 Å². The van der Waals surface area contributed by atoms with Crippen molar-refractivity contribution in [2.24, 2.45) is 0 Å². The third-order valence-electron chi connectivity index (χ3n) is 7.61. The van der Waals surface area contributed by atoms with Crippen LogP contribution in [-0.2, 0) is 32.6 Å². The van der Waals surface area contributed by atoms with Gasteiger partial charge in [-0.3, -0.25) is 13.9 Å². The minimum absolute atomic E-state index is 0.000943. The Balaban J connectivity index is 1.85. The summed E-state index contributed by atoms with van der Waals surface area (Å²) in [5.74, 6) is -0.994. The Morgan fingerprint density at radius 2 is 1.39 bits per heavy atom. The van der Waals surface area contributed by atoms with E-state index in [1.165, 1.54) is 17.0 Å². The number of carbonyl (C=O) groups is 2. The van der Waals surface area contributed by atoms with Gasteiger partial charge in [-0.15, -0.1) is 0 Å². The van der Waals surface area contributed by atoms with E-state index in [2.05, 4.69) is 5.32 Å². The van der Waals surface area contributed by atoms with Gasteiger partial charge in [0.15, 0.2) is 0 Å². The first-order valence-electron chi connectivity index (χ1n) is 14.9. The zero-order valence-electron chi connectivity index (χ0n) is 25.6. The molecule has 0 saturated heterocycles. The van der Waals surface area contributed by atoms with Gasteiger partial charge < -0.3 is 10.2 Å². The van der Waals surface area contributed by atoms with Gasteiger partial charge in [-0.05, 0) is 60.9 Å². The van der Waals surface area contributed by atoms with Crippen molar-refractivity contribution in [3.8, 4) is 0 Å². The Morgan fingerprint density at radius 3 is 2.02 bits per heavy atom. The summed E-state index contributed by atoms with van der Waals surface area (Å²) in [7, 11) is -4.26.